The van der Waals surface area contributed by atoms with Crippen LogP contribution >= 0.6 is 34.3 Å². The molecule has 154 valence electrons. The molecule has 0 saturated heterocycles. The lowest BCUT2D eigenvalue weighted by Gasteiger charge is -2.16. The summed E-state index contributed by atoms with van der Waals surface area (Å²) in [6.07, 6.45) is 2.03. The number of aryl methyl sites for hydroxylation is 1. The fourth-order valence-electron chi connectivity index (χ4n) is 3.10. The van der Waals surface area contributed by atoms with Gasteiger partial charge in [0, 0.05) is 30.2 Å². The van der Waals surface area contributed by atoms with Crippen molar-refractivity contribution in [1.82, 2.24) is 20.1 Å². The molecule has 5 nitrogen and oxygen atoms in total. The van der Waals surface area contributed by atoms with Gasteiger partial charge in [0.15, 0.2) is 0 Å². The van der Waals surface area contributed by atoms with Crippen LogP contribution < -0.4 is 0 Å². The van der Waals surface area contributed by atoms with Crippen molar-refractivity contribution < 1.29 is 4.79 Å². The quantitative estimate of drug-likeness (QED) is 0.378. The van der Waals surface area contributed by atoms with Crippen LogP contribution in [0.2, 0.25) is 4.34 Å². The Morgan fingerprint density at radius 1 is 1.20 bits per heavy atom. The SMILES string of the molecule is CN(CCCc1cc(-c2ccccc2)n[nH]1)C(=O)Cc1csc(-c2ccc(Cl)s2)n1. The van der Waals surface area contributed by atoms with Crippen LogP contribution in [0.5, 0.6) is 0 Å². The average Bonchev–Trinajstić information content (AvgIpc) is 3.50. The molecule has 0 radical (unpaired) electrons. The van der Waals surface area contributed by atoms with E-state index in [4.69, 9.17) is 11.6 Å². The van der Waals surface area contributed by atoms with E-state index in [1.807, 2.05) is 54.9 Å². The van der Waals surface area contributed by atoms with Crippen LogP contribution in [0.3, 0.4) is 0 Å². The molecule has 0 fully saturated rings. The zero-order chi connectivity index (χ0) is 20.9. The molecule has 0 saturated carbocycles. The fourth-order valence-corrected chi connectivity index (χ4v) is 5.03. The van der Waals surface area contributed by atoms with Crippen LogP contribution in [-0.2, 0) is 17.6 Å². The molecule has 0 aliphatic rings. The maximum atomic E-state index is 12.5. The fraction of sp³-hybridized carbons (Fsp3) is 0.227. The summed E-state index contributed by atoms with van der Waals surface area (Å²) < 4.78 is 0.741. The zero-order valence-corrected chi connectivity index (χ0v) is 18.9. The summed E-state index contributed by atoms with van der Waals surface area (Å²) >= 11 is 9.04. The number of nitrogens with zero attached hydrogens (tertiary/aromatic N) is 3. The van der Waals surface area contributed by atoms with Crippen molar-refractivity contribution >= 4 is 40.2 Å². The van der Waals surface area contributed by atoms with Crippen LogP contribution in [0.15, 0.2) is 53.9 Å². The Labute approximate surface area is 188 Å². The Balaban J connectivity index is 1.25. The predicted octanol–water partition coefficient (Wildman–Crippen LogP) is 5.55. The highest BCUT2D eigenvalue weighted by Crippen LogP contribution is 2.33. The first-order valence-corrected chi connectivity index (χ1v) is 11.7. The molecule has 1 N–H and O–H groups in total. The number of rotatable bonds is 8. The van der Waals surface area contributed by atoms with E-state index in [9.17, 15) is 4.79 Å². The first-order valence-electron chi connectivity index (χ1n) is 9.62. The van der Waals surface area contributed by atoms with Crippen molar-refractivity contribution in [1.29, 1.82) is 0 Å². The van der Waals surface area contributed by atoms with Gasteiger partial charge >= 0.3 is 0 Å². The molecule has 0 bridgehead atoms. The smallest absolute Gasteiger partial charge is 0.228 e. The van der Waals surface area contributed by atoms with E-state index in [0.717, 1.165) is 49.7 Å². The molecule has 4 rings (SSSR count). The lowest BCUT2D eigenvalue weighted by Crippen LogP contribution is -2.29. The average molecular weight is 457 g/mol. The summed E-state index contributed by atoms with van der Waals surface area (Å²) in [5.74, 6) is 0.0747. The lowest BCUT2D eigenvalue weighted by atomic mass is 10.1. The Hall–Kier alpha value is -2.48. The molecular formula is C22H21ClN4OS2. The van der Waals surface area contributed by atoms with Crippen LogP contribution in [0.1, 0.15) is 17.8 Å². The van der Waals surface area contributed by atoms with Crippen molar-refractivity contribution in [3.8, 4) is 21.1 Å². The molecule has 8 heteroatoms. The van der Waals surface area contributed by atoms with Gasteiger partial charge in [-0.1, -0.05) is 41.9 Å². The lowest BCUT2D eigenvalue weighted by molar-refractivity contribution is -0.129. The monoisotopic (exact) mass is 456 g/mol. The van der Waals surface area contributed by atoms with E-state index in [-0.39, 0.29) is 5.91 Å². The molecule has 1 aromatic carbocycles. The summed E-state index contributed by atoms with van der Waals surface area (Å²) in [4.78, 5) is 19.9. The molecule has 4 aromatic rings. The third-order valence-corrected chi connectivity index (χ3v) is 7.03. The van der Waals surface area contributed by atoms with Crippen molar-refractivity contribution in [2.45, 2.75) is 19.3 Å². The Bertz CT molecular complexity index is 1120. The minimum atomic E-state index is 0.0747. The number of amides is 1. The van der Waals surface area contributed by atoms with E-state index in [1.165, 1.54) is 11.3 Å². The first kappa shape index (κ1) is 20.8. The number of hydrogen-bond donors (Lipinski definition) is 1. The summed E-state index contributed by atoms with van der Waals surface area (Å²) in [5.41, 5.74) is 3.92. The molecule has 3 aromatic heterocycles. The normalized spacial score (nSPS) is 11.0. The molecule has 0 aliphatic heterocycles. The largest absolute Gasteiger partial charge is 0.345 e. The molecule has 0 unspecified atom stereocenters. The molecule has 3 heterocycles. The molecule has 30 heavy (non-hydrogen) atoms. The number of carbonyl (C=O) groups excluding carboxylic acids is 1. The van der Waals surface area contributed by atoms with Gasteiger partial charge in [-0.25, -0.2) is 4.98 Å². The van der Waals surface area contributed by atoms with E-state index in [0.29, 0.717) is 13.0 Å². The van der Waals surface area contributed by atoms with E-state index >= 15 is 0 Å². The number of halogens is 1. The predicted molar refractivity (Wildman–Crippen MR) is 124 cm³/mol. The van der Waals surface area contributed by atoms with Crippen LogP contribution in [0, 0.1) is 0 Å². The third-order valence-electron chi connectivity index (χ3n) is 4.73. The van der Waals surface area contributed by atoms with E-state index in [2.05, 4.69) is 21.2 Å². The van der Waals surface area contributed by atoms with Crippen molar-refractivity contribution in [3.63, 3.8) is 0 Å². The summed E-state index contributed by atoms with van der Waals surface area (Å²) in [6.45, 7) is 0.691. The molecule has 1 amide bonds. The molecule has 0 spiro atoms. The zero-order valence-electron chi connectivity index (χ0n) is 16.5. The number of aromatic nitrogens is 3. The van der Waals surface area contributed by atoms with Gasteiger partial charge in [-0.2, -0.15) is 5.10 Å². The van der Waals surface area contributed by atoms with Crippen molar-refractivity contribution in [2.24, 2.45) is 0 Å². The van der Waals surface area contributed by atoms with E-state index in [1.54, 1.807) is 16.2 Å². The Morgan fingerprint density at radius 3 is 2.80 bits per heavy atom. The number of benzene rings is 1. The van der Waals surface area contributed by atoms with Crippen LogP contribution in [0.25, 0.3) is 21.1 Å². The van der Waals surface area contributed by atoms with Gasteiger partial charge in [-0.05, 0) is 31.0 Å². The number of likely N-dealkylation sites (N-methyl/N-ethyl adjacent to an activating group) is 1. The van der Waals surface area contributed by atoms with Crippen molar-refractivity contribution in [3.05, 3.63) is 69.6 Å². The molecular weight excluding hydrogens is 436 g/mol. The number of carbonyl (C=O) groups is 1. The van der Waals surface area contributed by atoms with Crippen molar-refractivity contribution in [2.75, 3.05) is 13.6 Å². The van der Waals surface area contributed by atoms with Gasteiger partial charge in [-0.15, -0.1) is 22.7 Å². The maximum absolute atomic E-state index is 12.5. The van der Waals surface area contributed by atoms with Gasteiger partial charge in [-0.3, -0.25) is 9.89 Å². The van der Waals surface area contributed by atoms with Crippen LogP contribution in [0.4, 0.5) is 0 Å². The third kappa shape index (κ3) is 5.16. The maximum Gasteiger partial charge on any atom is 0.228 e. The second kappa shape index (κ2) is 9.55. The number of hydrogen-bond acceptors (Lipinski definition) is 5. The summed E-state index contributed by atoms with van der Waals surface area (Å²) in [6, 6.07) is 16.0. The second-order valence-electron chi connectivity index (χ2n) is 6.99. The van der Waals surface area contributed by atoms with Gasteiger partial charge in [0.25, 0.3) is 0 Å². The Morgan fingerprint density at radius 2 is 2.03 bits per heavy atom. The number of thiazole rings is 1. The topological polar surface area (TPSA) is 61.9 Å². The molecule has 0 atom stereocenters. The minimum Gasteiger partial charge on any atom is -0.345 e. The van der Waals surface area contributed by atoms with Gasteiger partial charge in [0.05, 0.1) is 27.0 Å². The van der Waals surface area contributed by atoms with Crippen LogP contribution in [-0.4, -0.2) is 39.6 Å². The summed E-state index contributed by atoms with van der Waals surface area (Å²) in [7, 11) is 1.84. The highest BCUT2D eigenvalue weighted by atomic mass is 35.5. The number of H-pyrrole nitrogens is 1. The molecule has 0 aliphatic carbocycles. The highest BCUT2D eigenvalue weighted by Gasteiger charge is 2.14. The minimum absolute atomic E-state index is 0.0747. The number of aromatic amines is 1. The first-order chi connectivity index (χ1) is 14.6. The van der Waals surface area contributed by atoms with Gasteiger partial charge < -0.3 is 4.90 Å². The highest BCUT2D eigenvalue weighted by molar-refractivity contribution is 7.23. The van der Waals surface area contributed by atoms with E-state index < -0.39 is 0 Å². The van der Waals surface area contributed by atoms with Gasteiger partial charge in [0.2, 0.25) is 5.91 Å². The van der Waals surface area contributed by atoms with Gasteiger partial charge in [0.1, 0.15) is 5.01 Å². The number of nitrogens with one attached hydrogen (secondary N) is 1. The number of thiophene rings is 1. The Kier molecular flexibility index (Phi) is 6.62. The second-order valence-corrected chi connectivity index (χ2v) is 9.56. The standard InChI is InChI=1S/C22H21ClN4OS2/c1-27(11-5-8-16-12-18(26-25-16)15-6-3-2-4-7-15)21(28)13-17-14-29-22(24-17)19-9-10-20(23)30-19/h2-4,6-7,9-10,12,14H,5,8,11,13H2,1H3,(H,25,26). The summed E-state index contributed by atoms with van der Waals surface area (Å²) in [5, 5.41) is 10.3.